The topological polar surface area (TPSA) is 9.23 Å². The Morgan fingerprint density at radius 3 is 2.61 bits per heavy atom. The molecule has 100 valence electrons. The summed E-state index contributed by atoms with van der Waals surface area (Å²) in [6.45, 7) is 11.1. The second kappa shape index (κ2) is 4.56. The van der Waals surface area contributed by atoms with Crippen LogP contribution in [0.1, 0.15) is 57.0 Å². The van der Waals surface area contributed by atoms with Gasteiger partial charge in [-0.3, -0.25) is 0 Å². The fraction of sp³-hybridized carbons (Fsp3) is 0.625. The summed E-state index contributed by atoms with van der Waals surface area (Å²) in [5.41, 5.74) is 3.00. The molecule has 18 heavy (non-hydrogen) atoms. The highest BCUT2D eigenvalue weighted by Crippen LogP contribution is 2.40. The zero-order valence-corrected chi connectivity index (χ0v) is 13.6. The highest BCUT2D eigenvalue weighted by atomic mass is 79.9. The summed E-state index contributed by atoms with van der Waals surface area (Å²) < 4.78 is 5.91. The minimum atomic E-state index is -0.0488. The molecule has 2 heteroatoms. The maximum atomic E-state index is 5.91. The van der Waals surface area contributed by atoms with Crippen LogP contribution in [-0.4, -0.2) is 5.60 Å². The molecule has 0 saturated heterocycles. The van der Waals surface area contributed by atoms with Gasteiger partial charge >= 0.3 is 0 Å². The minimum Gasteiger partial charge on any atom is -0.487 e. The van der Waals surface area contributed by atoms with Gasteiger partial charge in [-0.2, -0.15) is 0 Å². The van der Waals surface area contributed by atoms with E-state index < -0.39 is 0 Å². The van der Waals surface area contributed by atoms with Crippen molar-refractivity contribution in [2.75, 3.05) is 0 Å². The van der Waals surface area contributed by atoms with Crippen molar-refractivity contribution in [1.29, 1.82) is 0 Å². The van der Waals surface area contributed by atoms with Gasteiger partial charge in [0, 0.05) is 11.2 Å². The second-order valence-corrected chi connectivity index (χ2v) is 8.24. The Kier molecular flexibility index (Phi) is 3.52. The molecule has 1 heterocycles. The summed E-state index contributed by atoms with van der Waals surface area (Å²) in [5, 5.41) is 0. The van der Waals surface area contributed by atoms with Gasteiger partial charge in [0.25, 0.3) is 0 Å². The summed E-state index contributed by atoms with van der Waals surface area (Å²) in [6.07, 6.45) is 2.14. The van der Waals surface area contributed by atoms with Gasteiger partial charge in [0.1, 0.15) is 11.4 Å². The molecular weight excluding hydrogens is 288 g/mol. The standard InChI is InChI=1S/C16H23BrO/c1-15(2,3)10-13(17)11-6-7-14-12(8-11)9-16(4,5)18-14/h6-8,13H,9-10H2,1-5H3. The lowest BCUT2D eigenvalue weighted by atomic mass is 9.88. The Bertz CT molecular complexity index is 443. The van der Waals surface area contributed by atoms with Gasteiger partial charge in [0.05, 0.1) is 0 Å². The van der Waals surface area contributed by atoms with E-state index >= 15 is 0 Å². The van der Waals surface area contributed by atoms with Crippen LogP contribution in [0.5, 0.6) is 5.75 Å². The van der Waals surface area contributed by atoms with E-state index in [1.54, 1.807) is 0 Å². The van der Waals surface area contributed by atoms with Gasteiger partial charge in [-0.1, -0.05) is 48.8 Å². The Hall–Kier alpha value is -0.500. The molecule has 1 aromatic carbocycles. The number of hydrogen-bond donors (Lipinski definition) is 0. The van der Waals surface area contributed by atoms with Crippen LogP contribution >= 0.6 is 15.9 Å². The van der Waals surface area contributed by atoms with Crippen LogP contribution in [0.2, 0.25) is 0 Å². The number of halogens is 1. The van der Waals surface area contributed by atoms with E-state index in [2.05, 4.69) is 68.7 Å². The molecule has 2 rings (SSSR count). The fourth-order valence-electron chi connectivity index (χ4n) is 2.48. The van der Waals surface area contributed by atoms with Crippen LogP contribution < -0.4 is 4.74 Å². The lowest BCUT2D eigenvalue weighted by molar-refractivity contribution is 0.138. The van der Waals surface area contributed by atoms with Crippen molar-refractivity contribution in [1.82, 2.24) is 0 Å². The summed E-state index contributed by atoms with van der Waals surface area (Å²) in [5.74, 6) is 1.05. The molecule has 0 spiro atoms. The first-order valence-corrected chi connectivity index (χ1v) is 7.54. The van der Waals surface area contributed by atoms with E-state index in [-0.39, 0.29) is 5.60 Å². The summed E-state index contributed by atoms with van der Waals surface area (Å²) >= 11 is 3.82. The zero-order valence-electron chi connectivity index (χ0n) is 12.0. The van der Waals surface area contributed by atoms with Gasteiger partial charge in [-0.05, 0) is 42.9 Å². The smallest absolute Gasteiger partial charge is 0.123 e. The molecule has 1 unspecified atom stereocenters. The number of alkyl halides is 1. The summed E-state index contributed by atoms with van der Waals surface area (Å²) in [4.78, 5) is 0.423. The molecule has 0 aromatic heterocycles. The van der Waals surface area contributed by atoms with Crippen LogP contribution in [0.15, 0.2) is 18.2 Å². The van der Waals surface area contributed by atoms with E-state index in [9.17, 15) is 0 Å². The molecular formula is C16H23BrO. The molecule has 0 N–H and O–H groups in total. The third kappa shape index (κ3) is 3.28. The third-order valence-corrected chi connectivity index (χ3v) is 4.09. The Labute approximate surface area is 119 Å². The first kappa shape index (κ1) is 13.9. The normalized spacial score (nSPS) is 19.2. The highest BCUT2D eigenvalue weighted by Gasteiger charge is 2.30. The molecule has 0 saturated carbocycles. The Balaban J connectivity index is 2.18. The summed E-state index contributed by atoms with van der Waals surface area (Å²) in [7, 11) is 0. The monoisotopic (exact) mass is 310 g/mol. The molecule has 0 amide bonds. The average Bonchev–Trinajstić information content (AvgIpc) is 2.47. The quantitative estimate of drug-likeness (QED) is 0.676. The molecule has 1 aromatic rings. The Morgan fingerprint density at radius 2 is 2.00 bits per heavy atom. The van der Waals surface area contributed by atoms with Crippen molar-refractivity contribution in [3.63, 3.8) is 0 Å². The maximum Gasteiger partial charge on any atom is 0.123 e. The predicted molar refractivity (Wildman–Crippen MR) is 80.6 cm³/mol. The van der Waals surface area contributed by atoms with Crippen LogP contribution in [0, 0.1) is 5.41 Å². The highest BCUT2D eigenvalue weighted by molar-refractivity contribution is 9.09. The number of hydrogen-bond acceptors (Lipinski definition) is 1. The summed E-state index contributed by atoms with van der Waals surface area (Å²) in [6, 6.07) is 6.61. The van der Waals surface area contributed by atoms with E-state index in [0.29, 0.717) is 10.2 Å². The molecule has 1 aliphatic heterocycles. The van der Waals surface area contributed by atoms with E-state index in [4.69, 9.17) is 4.74 Å². The lowest BCUT2D eigenvalue weighted by Crippen LogP contribution is -2.24. The van der Waals surface area contributed by atoms with Crippen LogP contribution in [0.4, 0.5) is 0 Å². The first-order chi connectivity index (χ1) is 8.16. The average molecular weight is 311 g/mol. The largest absolute Gasteiger partial charge is 0.487 e. The van der Waals surface area contributed by atoms with Crippen molar-refractivity contribution >= 4 is 15.9 Å². The van der Waals surface area contributed by atoms with Gasteiger partial charge < -0.3 is 4.74 Å². The number of benzene rings is 1. The van der Waals surface area contributed by atoms with Gasteiger partial charge in [0.15, 0.2) is 0 Å². The van der Waals surface area contributed by atoms with Gasteiger partial charge in [-0.15, -0.1) is 0 Å². The molecule has 0 fully saturated rings. The number of ether oxygens (including phenoxy) is 1. The third-order valence-electron chi connectivity index (χ3n) is 3.24. The van der Waals surface area contributed by atoms with Gasteiger partial charge in [-0.25, -0.2) is 0 Å². The number of fused-ring (bicyclic) bond motifs is 1. The molecule has 0 radical (unpaired) electrons. The van der Waals surface area contributed by atoms with Crippen molar-refractivity contribution in [3.8, 4) is 5.75 Å². The van der Waals surface area contributed by atoms with Crippen molar-refractivity contribution in [2.24, 2.45) is 5.41 Å². The van der Waals surface area contributed by atoms with E-state index in [1.807, 2.05) is 0 Å². The van der Waals surface area contributed by atoms with Gasteiger partial charge in [0.2, 0.25) is 0 Å². The second-order valence-electron chi connectivity index (χ2n) is 7.14. The molecule has 1 atom stereocenters. The zero-order chi connectivity index (χ0) is 13.6. The first-order valence-electron chi connectivity index (χ1n) is 6.62. The molecule has 0 aliphatic carbocycles. The number of rotatable bonds is 2. The molecule has 1 nitrogen and oxygen atoms in total. The van der Waals surface area contributed by atoms with Crippen LogP contribution in [0.3, 0.4) is 0 Å². The van der Waals surface area contributed by atoms with Crippen LogP contribution in [-0.2, 0) is 6.42 Å². The van der Waals surface area contributed by atoms with Crippen molar-refractivity contribution in [2.45, 2.75) is 57.9 Å². The predicted octanol–water partition coefficient (Wildman–Crippen LogP) is 5.27. The van der Waals surface area contributed by atoms with Crippen molar-refractivity contribution in [3.05, 3.63) is 29.3 Å². The molecule has 0 bridgehead atoms. The SMILES string of the molecule is CC(C)(C)CC(Br)c1ccc2c(c1)CC(C)(C)O2. The fourth-order valence-corrected chi connectivity index (χ4v) is 3.74. The lowest BCUT2D eigenvalue weighted by Gasteiger charge is -2.22. The minimum absolute atomic E-state index is 0.0488. The van der Waals surface area contributed by atoms with E-state index in [1.165, 1.54) is 11.1 Å². The van der Waals surface area contributed by atoms with E-state index in [0.717, 1.165) is 18.6 Å². The van der Waals surface area contributed by atoms with Crippen molar-refractivity contribution < 1.29 is 4.74 Å². The van der Waals surface area contributed by atoms with Crippen LogP contribution in [0.25, 0.3) is 0 Å². The maximum absolute atomic E-state index is 5.91. The Morgan fingerprint density at radius 1 is 1.33 bits per heavy atom. The molecule has 1 aliphatic rings.